The molecule has 2 rings (SSSR count). The molecule has 0 spiro atoms. The highest BCUT2D eigenvalue weighted by Crippen LogP contribution is 2.20. The van der Waals surface area contributed by atoms with E-state index < -0.39 is 0 Å². The number of fused-ring (bicyclic) bond motifs is 1. The van der Waals surface area contributed by atoms with Gasteiger partial charge in [-0.25, -0.2) is 4.98 Å². The highest BCUT2D eigenvalue weighted by molar-refractivity contribution is 5.86. The van der Waals surface area contributed by atoms with Gasteiger partial charge in [0.05, 0.1) is 5.52 Å². The van der Waals surface area contributed by atoms with E-state index in [4.69, 9.17) is 0 Å². The third kappa shape index (κ3) is 3.94. The van der Waals surface area contributed by atoms with Crippen LogP contribution in [0.25, 0.3) is 10.9 Å². The lowest BCUT2D eigenvalue weighted by atomic mass is 10.1. The van der Waals surface area contributed by atoms with E-state index in [9.17, 15) is 4.79 Å². The monoisotopic (exact) mass is 285 g/mol. The summed E-state index contributed by atoms with van der Waals surface area (Å²) in [5.41, 5.74) is 1.72. The molecule has 1 unspecified atom stereocenters. The average Bonchev–Trinajstić information content (AvgIpc) is 2.37. The van der Waals surface area contributed by atoms with Gasteiger partial charge in [0.2, 0.25) is 5.91 Å². The maximum absolute atomic E-state index is 12.1. The van der Waals surface area contributed by atoms with E-state index >= 15 is 0 Å². The van der Waals surface area contributed by atoms with Gasteiger partial charge in [0, 0.05) is 10.9 Å². The molecule has 21 heavy (non-hydrogen) atoms. The first-order valence-electron chi connectivity index (χ1n) is 7.21. The van der Waals surface area contributed by atoms with Crippen molar-refractivity contribution in [3.8, 4) is 0 Å². The third-order valence-corrected chi connectivity index (χ3v) is 3.16. The molecule has 0 fully saturated rings. The maximum Gasteiger partial charge on any atom is 0.242 e. The van der Waals surface area contributed by atoms with Gasteiger partial charge in [0.25, 0.3) is 0 Å². The van der Waals surface area contributed by atoms with Crippen LogP contribution in [0.1, 0.15) is 33.3 Å². The van der Waals surface area contributed by atoms with E-state index in [2.05, 4.69) is 21.7 Å². The zero-order valence-electron chi connectivity index (χ0n) is 13.3. The molecule has 0 radical (unpaired) electrons. The lowest BCUT2D eigenvalue weighted by molar-refractivity contribution is -0.122. The molecular weight excluding hydrogens is 262 g/mol. The first-order valence-corrected chi connectivity index (χ1v) is 7.21. The van der Waals surface area contributed by atoms with Gasteiger partial charge in [0.15, 0.2) is 0 Å². The molecular formula is C17H23N3O. The van der Waals surface area contributed by atoms with Gasteiger partial charge >= 0.3 is 0 Å². The van der Waals surface area contributed by atoms with Crippen LogP contribution in [-0.4, -0.2) is 22.5 Å². The van der Waals surface area contributed by atoms with Gasteiger partial charge in [-0.1, -0.05) is 18.2 Å². The van der Waals surface area contributed by atoms with Crippen molar-refractivity contribution >= 4 is 22.6 Å². The number of rotatable bonds is 3. The summed E-state index contributed by atoms with van der Waals surface area (Å²) in [6.07, 6.45) is 0. The van der Waals surface area contributed by atoms with Gasteiger partial charge in [-0.3, -0.25) is 4.79 Å². The normalized spacial score (nSPS) is 13.0. The minimum absolute atomic E-state index is 0.0307. The smallest absolute Gasteiger partial charge is 0.242 e. The molecule has 0 saturated carbocycles. The second-order valence-corrected chi connectivity index (χ2v) is 6.45. The van der Waals surface area contributed by atoms with Crippen LogP contribution in [0.15, 0.2) is 30.3 Å². The molecule has 2 aromatic rings. The van der Waals surface area contributed by atoms with Crippen LogP contribution >= 0.6 is 0 Å². The first kappa shape index (κ1) is 15.3. The maximum atomic E-state index is 12.1. The summed E-state index contributed by atoms with van der Waals surface area (Å²) in [5, 5.41) is 7.27. The summed E-state index contributed by atoms with van der Waals surface area (Å²) in [7, 11) is 0. The molecule has 1 atom stereocenters. The Bertz CT molecular complexity index is 659. The molecule has 2 N–H and O–H groups in total. The quantitative estimate of drug-likeness (QED) is 0.910. The lowest BCUT2D eigenvalue weighted by Gasteiger charge is -2.24. The minimum Gasteiger partial charge on any atom is -0.358 e. The van der Waals surface area contributed by atoms with Gasteiger partial charge in [0.1, 0.15) is 11.9 Å². The predicted molar refractivity (Wildman–Crippen MR) is 87.5 cm³/mol. The van der Waals surface area contributed by atoms with Crippen LogP contribution in [0, 0.1) is 6.92 Å². The number of anilines is 1. The average molecular weight is 285 g/mol. The fraction of sp³-hybridized carbons (Fsp3) is 0.412. The molecule has 0 aliphatic rings. The first-order chi connectivity index (χ1) is 9.76. The number of aromatic nitrogens is 1. The lowest BCUT2D eigenvalue weighted by Crippen LogP contribution is -2.47. The number of pyridine rings is 1. The topological polar surface area (TPSA) is 54.0 Å². The van der Waals surface area contributed by atoms with Crippen LogP contribution in [0.4, 0.5) is 5.82 Å². The van der Waals surface area contributed by atoms with Crippen molar-refractivity contribution in [3.63, 3.8) is 0 Å². The van der Waals surface area contributed by atoms with E-state index in [1.165, 1.54) is 0 Å². The number of para-hydroxylation sites is 1. The van der Waals surface area contributed by atoms with Gasteiger partial charge in [-0.15, -0.1) is 0 Å². The van der Waals surface area contributed by atoms with Gasteiger partial charge < -0.3 is 10.6 Å². The van der Waals surface area contributed by atoms with Crippen LogP contribution < -0.4 is 10.6 Å². The SMILES string of the molecule is Cc1cc2ccccc2nc1NC(C)C(=O)NC(C)(C)C. The van der Waals surface area contributed by atoms with Gasteiger partial charge in [-0.05, 0) is 52.3 Å². The Kier molecular flexibility index (Phi) is 4.16. The summed E-state index contributed by atoms with van der Waals surface area (Å²) >= 11 is 0. The van der Waals surface area contributed by atoms with Crippen LogP contribution in [-0.2, 0) is 4.79 Å². The summed E-state index contributed by atoms with van der Waals surface area (Å²) < 4.78 is 0. The van der Waals surface area contributed by atoms with Crippen LogP contribution in [0.2, 0.25) is 0 Å². The van der Waals surface area contributed by atoms with E-state index in [1.807, 2.05) is 58.9 Å². The summed E-state index contributed by atoms with van der Waals surface area (Å²) in [6.45, 7) is 9.75. The molecule has 0 aliphatic carbocycles. The highest BCUT2D eigenvalue weighted by Gasteiger charge is 2.19. The van der Waals surface area contributed by atoms with Crippen molar-refractivity contribution in [2.75, 3.05) is 5.32 Å². The second-order valence-electron chi connectivity index (χ2n) is 6.45. The van der Waals surface area contributed by atoms with E-state index in [-0.39, 0.29) is 17.5 Å². The number of amides is 1. The van der Waals surface area contributed by atoms with Crippen LogP contribution in [0.5, 0.6) is 0 Å². The molecule has 1 aromatic heterocycles. The molecule has 0 aliphatic heterocycles. The third-order valence-electron chi connectivity index (χ3n) is 3.16. The zero-order valence-corrected chi connectivity index (χ0v) is 13.3. The number of aryl methyl sites for hydroxylation is 1. The molecule has 112 valence electrons. The Labute approximate surface area is 126 Å². The fourth-order valence-corrected chi connectivity index (χ4v) is 2.12. The molecule has 0 saturated heterocycles. The van der Waals surface area contributed by atoms with Crippen molar-refractivity contribution in [1.82, 2.24) is 10.3 Å². The number of nitrogens with one attached hydrogen (secondary N) is 2. The molecule has 0 bridgehead atoms. The Morgan fingerprint density at radius 3 is 2.57 bits per heavy atom. The predicted octanol–water partition coefficient (Wildman–Crippen LogP) is 3.26. The van der Waals surface area contributed by atoms with Crippen molar-refractivity contribution in [2.24, 2.45) is 0 Å². The Hall–Kier alpha value is -2.10. The second kappa shape index (κ2) is 5.72. The summed E-state index contributed by atoms with van der Waals surface area (Å²) in [4.78, 5) is 16.7. The van der Waals surface area contributed by atoms with Crippen molar-refractivity contribution in [1.29, 1.82) is 0 Å². The van der Waals surface area contributed by atoms with Gasteiger partial charge in [-0.2, -0.15) is 0 Å². The Morgan fingerprint density at radius 1 is 1.24 bits per heavy atom. The van der Waals surface area contributed by atoms with E-state index in [0.717, 1.165) is 22.3 Å². The molecule has 1 heterocycles. The Morgan fingerprint density at radius 2 is 1.90 bits per heavy atom. The highest BCUT2D eigenvalue weighted by atomic mass is 16.2. The van der Waals surface area contributed by atoms with Crippen LogP contribution in [0.3, 0.4) is 0 Å². The number of carbonyl (C=O) groups is 1. The number of hydrogen-bond acceptors (Lipinski definition) is 3. The largest absolute Gasteiger partial charge is 0.358 e. The van der Waals surface area contributed by atoms with E-state index in [1.54, 1.807) is 0 Å². The summed E-state index contributed by atoms with van der Waals surface area (Å²) in [5.74, 6) is 0.724. The van der Waals surface area contributed by atoms with Crippen molar-refractivity contribution < 1.29 is 4.79 Å². The van der Waals surface area contributed by atoms with Crippen molar-refractivity contribution in [3.05, 3.63) is 35.9 Å². The standard InChI is InChI=1S/C17H23N3O/c1-11-10-13-8-6-7-9-14(13)19-15(11)18-12(2)16(21)20-17(3,4)5/h6-10,12H,1-5H3,(H,18,19)(H,20,21). The fourth-order valence-electron chi connectivity index (χ4n) is 2.12. The molecule has 4 nitrogen and oxygen atoms in total. The minimum atomic E-state index is -0.336. The van der Waals surface area contributed by atoms with Crippen molar-refractivity contribution in [2.45, 2.75) is 46.2 Å². The number of hydrogen-bond donors (Lipinski definition) is 2. The number of nitrogens with zero attached hydrogens (tertiary/aromatic N) is 1. The molecule has 1 aromatic carbocycles. The van der Waals surface area contributed by atoms with E-state index in [0.29, 0.717) is 0 Å². The summed E-state index contributed by atoms with van der Waals surface area (Å²) in [6, 6.07) is 9.71. The number of benzene rings is 1. The number of carbonyl (C=O) groups excluding carboxylic acids is 1. The zero-order chi connectivity index (χ0) is 15.6. The molecule has 4 heteroatoms. The Balaban J connectivity index is 2.19. The molecule has 1 amide bonds.